The summed E-state index contributed by atoms with van der Waals surface area (Å²) in [7, 11) is 0. The minimum Gasteiger partial charge on any atom is -0.369 e. The molecule has 2 aliphatic heterocycles. The van der Waals surface area contributed by atoms with Crippen molar-refractivity contribution in [2.45, 2.75) is 38.1 Å². The standard InChI is InChI=1S/C19H15N3O.C5H9.Cd/c23-19-16(11-14-7-3-1-4-8-14)21-18-12-20-17(13-22(18)19)15-9-5-2-6-10-15;1-2-4-5-3-1;/h1-10,13,16,20H,11H2;1H,2-5H2;/q;-1;+2. The number of nitrogens with zero attached hydrogens (tertiary/aromatic N) is 2. The summed E-state index contributed by atoms with van der Waals surface area (Å²) in [6.45, 7) is 0. The molecule has 5 heteroatoms. The molecule has 5 rings (SSSR count). The molecular formula is C24H24CdN3O+. The molecule has 142 valence electrons. The molecule has 1 saturated carbocycles. The SMILES string of the molecule is O=C1C(Cc2ccccc2)N=C2[C-]=[NH+]C(c3ccccc3)=CN12.[CH-]1CCCC1.[Cd+2]. The Labute approximate surface area is 192 Å². The quantitative estimate of drug-likeness (QED) is 0.531. The van der Waals surface area contributed by atoms with Crippen LogP contribution in [0.4, 0.5) is 0 Å². The summed E-state index contributed by atoms with van der Waals surface area (Å²) in [5, 5.41) is 0. The number of amides is 1. The normalized spacial score (nSPS) is 19.5. The zero-order valence-electron chi connectivity index (χ0n) is 16.6. The number of nitrogens with one attached hydrogen (secondary N) is 1. The van der Waals surface area contributed by atoms with Crippen LogP contribution in [0, 0.1) is 6.42 Å². The van der Waals surface area contributed by atoms with Gasteiger partial charge in [0.2, 0.25) is 0 Å². The number of amidine groups is 1. The van der Waals surface area contributed by atoms with E-state index in [0.717, 1.165) is 16.8 Å². The third-order valence-corrected chi connectivity index (χ3v) is 5.02. The largest absolute Gasteiger partial charge is 2.00 e. The summed E-state index contributed by atoms with van der Waals surface area (Å²) >= 11 is 0. The van der Waals surface area contributed by atoms with E-state index in [4.69, 9.17) is 0 Å². The van der Waals surface area contributed by atoms with E-state index < -0.39 is 0 Å². The first-order valence-corrected chi connectivity index (χ1v) is 9.87. The molecule has 2 aromatic carbocycles. The van der Waals surface area contributed by atoms with Crippen molar-refractivity contribution in [3.8, 4) is 0 Å². The van der Waals surface area contributed by atoms with Gasteiger partial charge in [0.1, 0.15) is 11.9 Å². The third kappa shape index (κ3) is 5.50. The van der Waals surface area contributed by atoms with E-state index in [-0.39, 0.29) is 39.2 Å². The second kappa shape index (κ2) is 10.6. The zero-order valence-corrected chi connectivity index (χ0v) is 20.6. The second-order valence-electron chi connectivity index (χ2n) is 7.10. The predicted octanol–water partition coefficient (Wildman–Crippen LogP) is 2.64. The van der Waals surface area contributed by atoms with E-state index in [2.05, 4.69) is 22.6 Å². The topological polar surface area (TPSA) is 46.6 Å². The fraction of sp³-hybridized carbons (Fsp3) is 0.250. The molecule has 2 heterocycles. The van der Waals surface area contributed by atoms with Gasteiger partial charge in [0.05, 0.1) is 11.9 Å². The number of hydrogen-bond acceptors (Lipinski definition) is 2. The third-order valence-electron chi connectivity index (χ3n) is 5.02. The zero-order chi connectivity index (χ0) is 19.2. The molecule has 0 aromatic heterocycles. The van der Waals surface area contributed by atoms with Gasteiger partial charge in [0.25, 0.3) is 5.91 Å². The first kappa shape index (κ1) is 21.6. The molecule has 1 N–H and O–H groups in total. The maximum atomic E-state index is 12.6. The van der Waals surface area contributed by atoms with Crippen molar-refractivity contribution in [2.75, 3.05) is 0 Å². The Bertz CT molecular complexity index is 895. The summed E-state index contributed by atoms with van der Waals surface area (Å²) < 4.78 is 0. The first-order valence-electron chi connectivity index (χ1n) is 9.87. The molecule has 0 radical (unpaired) electrons. The Morgan fingerprint density at radius 2 is 1.69 bits per heavy atom. The molecule has 2 aromatic rings. The Balaban J connectivity index is 0.000000352. The van der Waals surface area contributed by atoms with Crippen LogP contribution in [0.3, 0.4) is 0 Å². The number of carbonyl (C=O) groups excluding carboxylic acids is 1. The van der Waals surface area contributed by atoms with Crippen LogP contribution in [0.1, 0.15) is 36.8 Å². The van der Waals surface area contributed by atoms with Crippen molar-refractivity contribution in [3.63, 3.8) is 0 Å². The Hall–Kier alpha value is -2.09. The summed E-state index contributed by atoms with van der Waals surface area (Å²) in [6, 6.07) is 19.4. The molecule has 1 unspecified atom stereocenters. The smallest absolute Gasteiger partial charge is 0.369 e. The molecule has 1 aliphatic carbocycles. The molecular weight excluding hydrogens is 459 g/mol. The number of hydrogen-bond donors (Lipinski definition) is 1. The van der Waals surface area contributed by atoms with Crippen LogP contribution in [0.5, 0.6) is 0 Å². The molecule has 0 spiro atoms. The number of aliphatic imine (C=N–C) groups is 1. The van der Waals surface area contributed by atoms with E-state index in [9.17, 15) is 4.79 Å². The van der Waals surface area contributed by atoms with E-state index in [1.54, 1.807) is 11.1 Å². The summed E-state index contributed by atoms with van der Waals surface area (Å²) in [5.41, 5.74) is 2.96. The van der Waals surface area contributed by atoms with Gasteiger partial charge in [-0.1, -0.05) is 73.5 Å². The summed E-state index contributed by atoms with van der Waals surface area (Å²) in [5.74, 6) is 0.543. The first-order chi connectivity index (χ1) is 13.8. The van der Waals surface area contributed by atoms with Crippen molar-refractivity contribution < 1.29 is 37.1 Å². The van der Waals surface area contributed by atoms with Gasteiger partial charge in [0.15, 0.2) is 0 Å². The van der Waals surface area contributed by atoms with Gasteiger partial charge in [-0.05, 0) is 11.1 Å². The van der Waals surface area contributed by atoms with E-state index in [1.165, 1.54) is 25.7 Å². The van der Waals surface area contributed by atoms with Crippen molar-refractivity contribution in [3.05, 3.63) is 84.4 Å². The average Bonchev–Trinajstić information content (AvgIpc) is 3.43. The number of fused-ring (bicyclic) bond motifs is 1. The molecule has 0 saturated heterocycles. The van der Waals surface area contributed by atoms with Gasteiger partial charge in [-0.3, -0.25) is 14.7 Å². The van der Waals surface area contributed by atoms with E-state index in [1.807, 2.05) is 60.7 Å². The Morgan fingerprint density at radius 3 is 2.31 bits per heavy atom. The van der Waals surface area contributed by atoms with Gasteiger partial charge in [0, 0.05) is 12.6 Å². The van der Waals surface area contributed by atoms with Crippen molar-refractivity contribution in [1.29, 1.82) is 0 Å². The van der Waals surface area contributed by atoms with Crippen molar-refractivity contribution >= 4 is 23.7 Å². The molecule has 1 fully saturated rings. The minimum absolute atomic E-state index is 0. The Kier molecular flexibility index (Phi) is 7.92. The molecule has 29 heavy (non-hydrogen) atoms. The van der Waals surface area contributed by atoms with Crippen LogP contribution < -0.4 is 4.99 Å². The van der Waals surface area contributed by atoms with Gasteiger partial charge in [-0.2, -0.15) is 12.8 Å². The molecule has 0 bridgehead atoms. The molecule has 1 amide bonds. The van der Waals surface area contributed by atoms with Crippen LogP contribution in [0.2, 0.25) is 0 Å². The van der Waals surface area contributed by atoms with Gasteiger partial charge in [-0.15, -0.1) is 0 Å². The fourth-order valence-electron chi connectivity index (χ4n) is 3.49. The number of benzene rings is 2. The predicted molar refractivity (Wildman–Crippen MR) is 111 cm³/mol. The van der Waals surface area contributed by atoms with Crippen LogP contribution in [0.25, 0.3) is 5.70 Å². The van der Waals surface area contributed by atoms with Crippen molar-refractivity contribution in [2.24, 2.45) is 4.99 Å². The van der Waals surface area contributed by atoms with Crippen molar-refractivity contribution in [1.82, 2.24) is 4.90 Å². The fourth-order valence-corrected chi connectivity index (χ4v) is 3.49. The molecule has 1 atom stereocenters. The van der Waals surface area contributed by atoms with Crippen LogP contribution in [0.15, 0.2) is 71.9 Å². The monoisotopic (exact) mass is 484 g/mol. The maximum Gasteiger partial charge on any atom is 2.00 e. The van der Waals surface area contributed by atoms with Crippen LogP contribution in [-0.4, -0.2) is 28.9 Å². The van der Waals surface area contributed by atoms with Gasteiger partial charge >= 0.3 is 27.3 Å². The van der Waals surface area contributed by atoms with E-state index in [0.29, 0.717) is 12.3 Å². The van der Waals surface area contributed by atoms with Crippen LogP contribution in [-0.2, 0) is 38.5 Å². The minimum atomic E-state index is -0.381. The number of carbonyl (C=O) groups is 1. The number of rotatable bonds is 3. The van der Waals surface area contributed by atoms with E-state index >= 15 is 0 Å². The van der Waals surface area contributed by atoms with Crippen LogP contribution >= 0.6 is 0 Å². The summed E-state index contributed by atoms with van der Waals surface area (Å²) in [4.78, 5) is 21.8. The Morgan fingerprint density at radius 1 is 1.03 bits per heavy atom. The average molecular weight is 483 g/mol. The van der Waals surface area contributed by atoms with Gasteiger partial charge in [-0.25, -0.2) is 0 Å². The molecule has 3 aliphatic rings. The maximum absolute atomic E-state index is 12.6. The summed E-state index contributed by atoms with van der Waals surface area (Å²) in [6.07, 6.45) is 13.4. The van der Waals surface area contributed by atoms with Gasteiger partial charge < -0.3 is 11.4 Å². The second-order valence-corrected chi connectivity index (χ2v) is 7.10. The molecule has 4 nitrogen and oxygen atoms in total.